The number of carbonyl (C=O) groups is 2. The molecular weight excluding hydrogens is 318 g/mol. The van der Waals surface area contributed by atoms with Gasteiger partial charge in [-0.3, -0.25) is 9.59 Å². The topological polar surface area (TPSA) is 128 Å². The third-order valence-corrected chi connectivity index (χ3v) is 4.54. The highest BCUT2D eigenvalue weighted by Gasteiger charge is 2.28. The molecule has 1 aromatic rings. The zero-order valence-electron chi connectivity index (χ0n) is 11.0. The summed E-state index contributed by atoms with van der Waals surface area (Å²) < 4.78 is 27.9. The molecule has 114 valence electrons. The van der Waals surface area contributed by atoms with E-state index in [0.717, 1.165) is 11.8 Å². The van der Waals surface area contributed by atoms with Crippen molar-refractivity contribution in [1.29, 1.82) is 0 Å². The number of ether oxygens (including phenoxy) is 1. The molecule has 1 heterocycles. The second-order valence-corrected chi connectivity index (χ2v) is 6.72. The van der Waals surface area contributed by atoms with Gasteiger partial charge in [-0.25, -0.2) is 13.6 Å². The van der Waals surface area contributed by atoms with E-state index in [2.05, 4.69) is 10.6 Å². The third kappa shape index (κ3) is 3.65. The highest BCUT2D eigenvalue weighted by molar-refractivity contribution is 8.14. The van der Waals surface area contributed by atoms with Crippen LogP contribution in [0.4, 0.5) is 10.5 Å². The molecule has 2 rings (SSSR count). The van der Waals surface area contributed by atoms with Crippen LogP contribution in [0.25, 0.3) is 0 Å². The van der Waals surface area contributed by atoms with Gasteiger partial charge in [0.15, 0.2) is 0 Å². The van der Waals surface area contributed by atoms with Gasteiger partial charge in [-0.15, -0.1) is 0 Å². The van der Waals surface area contributed by atoms with E-state index in [1.54, 1.807) is 0 Å². The minimum absolute atomic E-state index is 0.0835. The summed E-state index contributed by atoms with van der Waals surface area (Å²) in [5, 5.41) is 9.84. The number of benzene rings is 1. The molecular formula is C11H13N3O5S2. The molecule has 1 unspecified atom stereocenters. The monoisotopic (exact) mass is 331 g/mol. The summed E-state index contributed by atoms with van der Waals surface area (Å²) in [4.78, 5) is 22.7. The molecule has 0 saturated carbocycles. The number of rotatable bonds is 4. The lowest BCUT2D eigenvalue weighted by atomic mass is 10.2. The first kappa shape index (κ1) is 15.6. The van der Waals surface area contributed by atoms with Crippen LogP contribution in [0.3, 0.4) is 0 Å². The number of carbonyl (C=O) groups excluding carboxylic acids is 2. The Balaban J connectivity index is 2.21. The molecule has 0 radical (unpaired) electrons. The van der Waals surface area contributed by atoms with Crippen molar-refractivity contribution in [1.82, 2.24) is 5.32 Å². The molecule has 0 aromatic heterocycles. The average molecular weight is 331 g/mol. The minimum atomic E-state index is -3.98. The number of nitrogens with one attached hydrogen (secondary N) is 2. The van der Waals surface area contributed by atoms with Gasteiger partial charge in [0.05, 0.1) is 7.11 Å². The maximum atomic E-state index is 11.9. The molecule has 21 heavy (non-hydrogen) atoms. The Kier molecular flexibility index (Phi) is 4.40. The molecule has 2 amide bonds. The van der Waals surface area contributed by atoms with E-state index in [9.17, 15) is 18.0 Å². The van der Waals surface area contributed by atoms with Gasteiger partial charge >= 0.3 is 0 Å². The maximum Gasteiger partial charge on any atom is 0.279 e. The Bertz CT molecular complexity index is 689. The van der Waals surface area contributed by atoms with Gasteiger partial charge < -0.3 is 15.4 Å². The van der Waals surface area contributed by atoms with E-state index in [0.29, 0.717) is 5.75 Å². The Morgan fingerprint density at radius 3 is 2.76 bits per heavy atom. The van der Waals surface area contributed by atoms with Gasteiger partial charge in [0.2, 0.25) is 15.9 Å². The zero-order valence-corrected chi connectivity index (χ0v) is 12.6. The summed E-state index contributed by atoms with van der Waals surface area (Å²) in [5.41, 5.74) is 0.246. The Morgan fingerprint density at radius 1 is 1.52 bits per heavy atom. The fourth-order valence-corrected chi connectivity index (χ4v) is 3.23. The van der Waals surface area contributed by atoms with Gasteiger partial charge in [-0.1, -0.05) is 11.8 Å². The lowest BCUT2D eigenvalue weighted by Gasteiger charge is -2.12. The molecule has 8 nitrogen and oxygen atoms in total. The number of hydrogen-bond donors (Lipinski definition) is 3. The van der Waals surface area contributed by atoms with Crippen LogP contribution in [0.5, 0.6) is 5.75 Å². The number of methoxy groups -OCH3 is 1. The minimum Gasteiger partial charge on any atom is -0.495 e. The average Bonchev–Trinajstić information content (AvgIpc) is 2.84. The van der Waals surface area contributed by atoms with Crippen LogP contribution < -0.4 is 20.5 Å². The Morgan fingerprint density at radius 2 is 2.24 bits per heavy atom. The third-order valence-electron chi connectivity index (χ3n) is 2.73. The number of nitrogens with two attached hydrogens (primary N) is 1. The van der Waals surface area contributed by atoms with Crippen molar-refractivity contribution < 1.29 is 22.7 Å². The molecule has 1 aliphatic rings. The summed E-state index contributed by atoms with van der Waals surface area (Å²) in [5.74, 6) is -0.0258. The normalized spacial score (nSPS) is 18.2. The molecule has 1 saturated heterocycles. The quantitative estimate of drug-likeness (QED) is 0.718. The Labute approximate surface area is 125 Å². The zero-order chi connectivity index (χ0) is 15.6. The van der Waals surface area contributed by atoms with E-state index in [1.807, 2.05) is 0 Å². The molecule has 1 aliphatic heterocycles. The summed E-state index contributed by atoms with van der Waals surface area (Å²) in [6.45, 7) is 0. The van der Waals surface area contributed by atoms with E-state index < -0.39 is 22.0 Å². The number of thioether (sulfide) groups is 1. The van der Waals surface area contributed by atoms with Crippen LogP contribution in [0, 0.1) is 0 Å². The molecule has 1 fully saturated rings. The largest absolute Gasteiger partial charge is 0.495 e. The van der Waals surface area contributed by atoms with E-state index in [-0.39, 0.29) is 21.6 Å². The predicted molar refractivity (Wildman–Crippen MR) is 77.8 cm³/mol. The first-order valence-corrected chi connectivity index (χ1v) is 8.29. The second-order valence-electron chi connectivity index (χ2n) is 4.20. The van der Waals surface area contributed by atoms with Crippen LogP contribution in [0.15, 0.2) is 23.1 Å². The van der Waals surface area contributed by atoms with Crippen LogP contribution in [-0.2, 0) is 14.8 Å². The number of anilines is 1. The highest BCUT2D eigenvalue weighted by Crippen LogP contribution is 2.26. The first-order chi connectivity index (χ1) is 9.81. The molecule has 0 aliphatic carbocycles. The van der Waals surface area contributed by atoms with Crippen molar-refractivity contribution in [2.24, 2.45) is 5.14 Å². The van der Waals surface area contributed by atoms with E-state index >= 15 is 0 Å². The number of primary sulfonamides is 1. The SMILES string of the molecule is COc1ccc(NC(=O)C2CSC(=O)N2)cc1S(N)(=O)=O. The predicted octanol–water partition coefficient (Wildman–Crippen LogP) is 0.106. The van der Waals surface area contributed by atoms with E-state index in [1.165, 1.54) is 25.3 Å². The van der Waals surface area contributed by atoms with Crippen LogP contribution in [0.1, 0.15) is 0 Å². The van der Waals surface area contributed by atoms with Crippen molar-refractivity contribution in [2.45, 2.75) is 10.9 Å². The van der Waals surface area contributed by atoms with Crippen LogP contribution in [-0.4, -0.2) is 38.5 Å². The van der Waals surface area contributed by atoms with E-state index in [4.69, 9.17) is 9.88 Å². The Hall–Kier alpha value is -1.78. The molecule has 0 spiro atoms. The van der Waals surface area contributed by atoms with Crippen LogP contribution in [0.2, 0.25) is 0 Å². The van der Waals surface area contributed by atoms with Crippen LogP contribution >= 0.6 is 11.8 Å². The lowest BCUT2D eigenvalue weighted by Crippen LogP contribution is -2.38. The van der Waals surface area contributed by atoms with Gasteiger partial charge in [-0.05, 0) is 18.2 Å². The van der Waals surface area contributed by atoms with Gasteiger partial charge in [0.25, 0.3) is 5.24 Å². The fraction of sp³-hybridized carbons (Fsp3) is 0.273. The number of hydrogen-bond acceptors (Lipinski definition) is 6. The number of sulfonamides is 1. The molecule has 1 atom stereocenters. The summed E-state index contributed by atoms with van der Waals surface area (Å²) >= 11 is 1.01. The number of amides is 2. The molecule has 10 heteroatoms. The fourth-order valence-electron chi connectivity index (χ4n) is 1.73. The molecule has 4 N–H and O–H groups in total. The maximum absolute atomic E-state index is 11.9. The van der Waals surface area contributed by atoms with Gasteiger partial charge in [-0.2, -0.15) is 0 Å². The van der Waals surface area contributed by atoms with Gasteiger partial charge in [0, 0.05) is 11.4 Å². The van der Waals surface area contributed by atoms with Crippen molar-refractivity contribution in [2.75, 3.05) is 18.2 Å². The molecule has 0 bridgehead atoms. The second kappa shape index (κ2) is 5.92. The van der Waals surface area contributed by atoms with Crippen molar-refractivity contribution in [3.05, 3.63) is 18.2 Å². The van der Waals surface area contributed by atoms with Crippen molar-refractivity contribution in [3.63, 3.8) is 0 Å². The van der Waals surface area contributed by atoms with Gasteiger partial charge in [0.1, 0.15) is 16.7 Å². The summed E-state index contributed by atoms with van der Waals surface area (Å²) in [7, 11) is -2.67. The summed E-state index contributed by atoms with van der Waals surface area (Å²) in [6, 6.07) is 3.42. The first-order valence-electron chi connectivity index (χ1n) is 5.76. The standard InChI is InChI=1S/C11H13N3O5S2/c1-19-8-3-2-6(4-9(8)21(12,17)18)13-10(15)7-5-20-11(16)14-7/h2-4,7H,5H2,1H3,(H,13,15)(H,14,16)(H2,12,17,18). The summed E-state index contributed by atoms with van der Waals surface area (Å²) in [6.07, 6.45) is 0. The smallest absolute Gasteiger partial charge is 0.279 e. The lowest BCUT2D eigenvalue weighted by molar-refractivity contribution is -0.117. The van der Waals surface area contributed by atoms with Crippen molar-refractivity contribution >= 4 is 38.6 Å². The highest BCUT2D eigenvalue weighted by atomic mass is 32.2. The van der Waals surface area contributed by atoms with Crippen molar-refractivity contribution in [3.8, 4) is 5.75 Å². The molecule has 1 aromatic carbocycles.